The Labute approximate surface area is 113 Å². The number of nitrogens with zero attached hydrogens (tertiary/aromatic N) is 2. The lowest BCUT2D eigenvalue weighted by molar-refractivity contribution is 0.0272. The molecular weight excluding hydrogens is 268 g/mol. The monoisotopic (exact) mass is 286 g/mol. The molecular formula is C11H18N4O3S. The van der Waals surface area contributed by atoms with Crippen LogP contribution in [0.3, 0.4) is 0 Å². The third-order valence-electron chi connectivity index (χ3n) is 2.71. The van der Waals surface area contributed by atoms with E-state index >= 15 is 0 Å². The minimum atomic E-state index is -3.60. The summed E-state index contributed by atoms with van der Waals surface area (Å²) in [6.45, 7) is 2.78. The Kier molecular flexibility index (Phi) is 4.83. The molecule has 0 aromatic carbocycles. The maximum absolute atomic E-state index is 12.1. The van der Waals surface area contributed by atoms with Crippen LogP contribution in [0.4, 0.5) is 0 Å². The molecule has 0 radical (unpaired) electrons. The van der Waals surface area contributed by atoms with Crippen molar-refractivity contribution in [3.05, 3.63) is 23.9 Å². The van der Waals surface area contributed by atoms with Crippen LogP contribution in [0.1, 0.15) is 5.56 Å². The summed E-state index contributed by atoms with van der Waals surface area (Å²) in [5.74, 6) is 0. The van der Waals surface area contributed by atoms with Crippen LogP contribution in [0.2, 0.25) is 0 Å². The molecule has 19 heavy (non-hydrogen) atoms. The van der Waals surface area contributed by atoms with Crippen molar-refractivity contribution < 1.29 is 13.2 Å². The number of hydrogen-bond donors (Lipinski definition) is 2. The minimum Gasteiger partial charge on any atom is -0.379 e. The molecule has 1 aliphatic rings. The molecule has 2 rings (SSSR count). The Bertz CT molecular complexity index is 497. The molecule has 106 valence electrons. The summed E-state index contributed by atoms with van der Waals surface area (Å²) < 4.78 is 29.4. The van der Waals surface area contributed by atoms with Gasteiger partial charge in [-0.25, -0.2) is 18.4 Å². The van der Waals surface area contributed by atoms with Crippen molar-refractivity contribution in [1.29, 1.82) is 0 Å². The Morgan fingerprint density at radius 1 is 1.37 bits per heavy atom. The van der Waals surface area contributed by atoms with Crippen LogP contribution in [-0.2, 0) is 21.3 Å². The molecule has 1 saturated heterocycles. The van der Waals surface area contributed by atoms with Gasteiger partial charge < -0.3 is 10.1 Å². The molecule has 1 aliphatic heterocycles. The van der Waals surface area contributed by atoms with E-state index in [0.717, 1.165) is 5.56 Å². The first-order valence-electron chi connectivity index (χ1n) is 6.06. The van der Waals surface area contributed by atoms with Gasteiger partial charge in [-0.3, -0.25) is 0 Å². The first kappa shape index (κ1) is 14.4. The Hall–Kier alpha value is -1.06. The highest BCUT2D eigenvalue weighted by molar-refractivity contribution is 7.89. The van der Waals surface area contributed by atoms with Gasteiger partial charge in [0.25, 0.3) is 10.0 Å². The summed E-state index contributed by atoms with van der Waals surface area (Å²) in [7, 11) is -1.78. The van der Waals surface area contributed by atoms with Gasteiger partial charge in [0.2, 0.25) is 0 Å². The molecule has 0 bridgehead atoms. The summed E-state index contributed by atoms with van der Waals surface area (Å²) in [5.41, 5.74) is 0.938. The number of pyridine rings is 1. The van der Waals surface area contributed by atoms with Crippen molar-refractivity contribution in [1.82, 2.24) is 20.1 Å². The molecule has 8 heteroatoms. The topological polar surface area (TPSA) is 83.6 Å². The average molecular weight is 286 g/mol. The minimum absolute atomic E-state index is 0.0267. The van der Waals surface area contributed by atoms with Crippen LogP contribution in [0.25, 0.3) is 0 Å². The fraction of sp³-hybridized carbons (Fsp3) is 0.545. The summed E-state index contributed by atoms with van der Waals surface area (Å²) in [4.78, 5) is 6.50. The van der Waals surface area contributed by atoms with Gasteiger partial charge in [0.15, 0.2) is 5.03 Å². The van der Waals surface area contributed by atoms with Gasteiger partial charge in [0, 0.05) is 25.8 Å². The SMILES string of the molecule is CNCc1ccc(S(=O)(=O)NN2CCOCC2)nc1. The van der Waals surface area contributed by atoms with Crippen LogP contribution < -0.4 is 10.1 Å². The molecule has 7 nitrogen and oxygen atoms in total. The molecule has 1 aromatic heterocycles. The van der Waals surface area contributed by atoms with E-state index in [4.69, 9.17) is 4.74 Å². The van der Waals surface area contributed by atoms with E-state index in [0.29, 0.717) is 32.8 Å². The lowest BCUT2D eigenvalue weighted by Crippen LogP contribution is -2.48. The van der Waals surface area contributed by atoms with E-state index in [9.17, 15) is 8.42 Å². The number of hydrazine groups is 1. The number of nitrogens with one attached hydrogen (secondary N) is 2. The lowest BCUT2D eigenvalue weighted by Gasteiger charge is -2.26. The molecule has 0 unspecified atom stereocenters. The van der Waals surface area contributed by atoms with Crippen LogP contribution in [-0.4, -0.2) is 51.8 Å². The van der Waals surface area contributed by atoms with Crippen molar-refractivity contribution in [2.75, 3.05) is 33.4 Å². The molecule has 1 aromatic rings. The van der Waals surface area contributed by atoms with Crippen molar-refractivity contribution >= 4 is 10.0 Å². The summed E-state index contributed by atoms with van der Waals surface area (Å²) in [6, 6.07) is 3.26. The standard InChI is InChI=1S/C11H18N4O3S/c1-12-8-10-2-3-11(13-9-10)19(16,17)14-15-4-6-18-7-5-15/h2-3,9,12,14H,4-8H2,1H3. The van der Waals surface area contributed by atoms with Crippen molar-refractivity contribution in [2.45, 2.75) is 11.6 Å². The quantitative estimate of drug-likeness (QED) is 0.747. The van der Waals surface area contributed by atoms with Gasteiger partial charge in [-0.1, -0.05) is 6.07 Å². The average Bonchev–Trinajstić information content (AvgIpc) is 2.40. The van der Waals surface area contributed by atoms with Crippen LogP contribution in [0, 0.1) is 0 Å². The normalized spacial score (nSPS) is 17.5. The van der Waals surface area contributed by atoms with E-state index in [2.05, 4.69) is 15.1 Å². The van der Waals surface area contributed by atoms with Crippen molar-refractivity contribution in [3.8, 4) is 0 Å². The Balaban J connectivity index is 2.05. The van der Waals surface area contributed by atoms with Gasteiger partial charge in [0.05, 0.1) is 13.2 Å². The van der Waals surface area contributed by atoms with Crippen molar-refractivity contribution in [3.63, 3.8) is 0 Å². The lowest BCUT2D eigenvalue weighted by atomic mass is 10.3. The fourth-order valence-electron chi connectivity index (χ4n) is 1.75. The Morgan fingerprint density at radius 2 is 2.11 bits per heavy atom. The summed E-state index contributed by atoms with van der Waals surface area (Å²) in [5, 5.41) is 4.63. The van der Waals surface area contributed by atoms with Gasteiger partial charge in [0.1, 0.15) is 0 Å². The zero-order valence-electron chi connectivity index (χ0n) is 10.8. The first-order valence-corrected chi connectivity index (χ1v) is 7.55. The summed E-state index contributed by atoms with van der Waals surface area (Å²) in [6.07, 6.45) is 1.56. The van der Waals surface area contributed by atoms with Crippen LogP contribution in [0.15, 0.2) is 23.4 Å². The smallest absolute Gasteiger partial charge is 0.270 e. The predicted octanol–water partition coefficient (Wildman–Crippen LogP) is -0.673. The second-order valence-corrected chi connectivity index (χ2v) is 5.84. The molecule has 0 aliphatic carbocycles. The van der Waals surface area contributed by atoms with E-state index < -0.39 is 10.0 Å². The number of aromatic nitrogens is 1. The van der Waals surface area contributed by atoms with E-state index in [1.54, 1.807) is 17.3 Å². The number of rotatable bonds is 5. The van der Waals surface area contributed by atoms with E-state index in [-0.39, 0.29) is 5.03 Å². The van der Waals surface area contributed by atoms with Gasteiger partial charge in [-0.2, -0.15) is 0 Å². The molecule has 0 amide bonds. The summed E-state index contributed by atoms with van der Waals surface area (Å²) >= 11 is 0. The van der Waals surface area contributed by atoms with Gasteiger partial charge >= 0.3 is 0 Å². The molecule has 0 spiro atoms. The second kappa shape index (κ2) is 6.40. The highest BCUT2D eigenvalue weighted by atomic mass is 32.2. The fourth-order valence-corrected chi connectivity index (χ4v) is 2.80. The zero-order valence-corrected chi connectivity index (χ0v) is 11.6. The molecule has 1 fully saturated rings. The van der Waals surface area contributed by atoms with Crippen LogP contribution in [0.5, 0.6) is 0 Å². The number of sulfonamides is 1. The highest BCUT2D eigenvalue weighted by Crippen LogP contribution is 2.07. The van der Waals surface area contributed by atoms with Gasteiger partial charge in [-0.05, 0) is 18.7 Å². The van der Waals surface area contributed by atoms with Crippen molar-refractivity contribution in [2.24, 2.45) is 0 Å². The molecule has 0 atom stereocenters. The predicted molar refractivity (Wildman–Crippen MR) is 69.7 cm³/mol. The maximum atomic E-state index is 12.1. The molecule has 2 N–H and O–H groups in total. The molecule has 2 heterocycles. The Morgan fingerprint density at radius 3 is 2.68 bits per heavy atom. The van der Waals surface area contributed by atoms with Gasteiger partial charge in [-0.15, -0.1) is 4.83 Å². The maximum Gasteiger partial charge on any atom is 0.270 e. The zero-order chi connectivity index (χ0) is 13.7. The largest absolute Gasteiger partial charge is 0.379 e. The highest BCUT2D eigenvalue weighted by Gasteiger charge is 2.21. The number of hydrogen-bond acceptors (Lipinski definition) is 6. The van der Waals surface area contributed by atoms with Crippen LogP contribution >= 0.6 is 0 Å². The van der Waals surface area contributed by atoms with E-state index in [1.165, 1.54) is 6.07 Å². The number of morpholine rings is 1. The molecule has 0 saturated carbocycles. The third kappa shape index (κ3) is 3.95. The third-order valence-corrected chi connectivity index (χ3v) is 4.00. The second-order valence-electron chi connectivity index (χ2n) is 4.23. The first-order chi connectivity index (χ1) is 9.12. The van der Waals surface area contributed by atoms with E-state index in [1.807, 2.05) is 7.05 Å². The number of ether oxygens (including phenoxy) is 1.